The Labute approximate surface area is 156 Å². The lowest BCUT2D eigenvalue weighted by molar-refractivity contribution is 0.285. The van der Waals surface area contributed by atoms with Gasteiger partial charge in [-0.05, 0) is 44.0 Å². The Balaban J connectivity index is 1.53. The molecule has 0 saturated heterocycles. The number of benzene rings is 1. The highest BCUT2D eigenvalue weighted by molar-refractivity contribution is 5.68. The third-order valence-electron chi connectivity index (χ3n) is 4.78. The molecular formula is C21H19F2N3O. The summed E-state index contributed by atoms with van der Waals surface area (Å²) < 4.78 is 34.2. The van der Waals surface area contributed by atoms with Gasteiger partial charge in [0, 0.05) is 29.9 Å². The smallest absolute Gasteiger partial charge is 0.224 e. The van der Waals surface area contributed by atoms with E-state index in [0.717, 1.165) is 17.7 Å². The first-order chi connectivity index (χ1) is 13.0. The van der Waals surface area contributed by atoms with E-state index in [9.17, 15) is 8.78 Å². The average Bonchev–Trinajstić information content (AvgIpc) is 3.41. The number of aromatic nitrogens is 3. The van der Waals surface area contributed by atoms with Gasteiger partial charge in [-0.25, -0.2) is 13.8 Å². The molecule has 3 aromatic rings. The number of pyridine rings is 1. The number of nitrogens with zero attached hydrogens (tertiary/aromatic N) is 3. The van der Waals surface area contributed by atoms with Crippen LogP contribution in [0.5, 0.6) is 5.88 Å². The molecule has 1 saturated carbocycles. The molecule has 27 heavy (non-hydrogen) atoms. The van der Waals surface area contributed by atoms with Crippen LogP contribution in [0.15, 0.2) is 42.7 Å². The molecule has 1 aromatic carbocycles. The number of ether oxygens (including phenoxy) is 1. The Morgan fingerprint density at radius 2 is 1.81 bits per heavy atom. The lowest BCUT2D eigenvalue weighted by Gasteiger charge is -2.12. The van der Waals surface area contributed by atoms with Gasteiger partial charge in [0.15, 0.2) is 0 Å². The van der Waals surface area contributed by atoms with Gasteiger partial charge >= 0.3 is 0 Å². The number of hydrogen-bond donors (Lipinski definition) is 0. The van der Waals surface area contributed by atoms with Crippen molar-refractivity contribution < 1.29 is 13.5 Å². The Morgan fingerprint density at radius 1 is 1.04 bits per heavy atom. The predicted octanol–water partition coefficient (Wildman–Crippen LogP) is 4.62. The number of hydrogen-bond acceptors (Lipinski definition) is 4. The van der Waals surface area contributed by atoms with E-state index in [1.54, 1.807) is 6.92 Å². The van der Waals surface area contributed by atoms with Crippen LogP contribution in [0.3, 0.4) is 0 Å². The fourth-order valence-electron chi connectivity index (χ4n) is 3.16. The molecule has 1 fully saturated rings. The number of halogens is 2. The second-order valence-corrected chi connectivity index (χ2v) is 6.91. The van der Waals surface area contributed by atoms with Crippen molar-refractivity contribution >= 4 is 0 Å². The van der Waals surface area contributed by atoms with Crippen molar-refractivity contribution in [1.82, 2.24) is 15.0 Å². The van der Waals surface area contributed by atoms with E-state index in [4.69, 9.17) is 4.74 Å². The fourth-order valence-corrected chi connectivity index (χ4v) is 3.16. The van der Waals surface area contributed by atoms with Gasteiger partial charge in [-0.1, -0.05) is 12.1 Å². The summed E-state index contributed by atoms with van der Waals surface area (Å²) in [7, 11) is 0. The minimum Gasteiger partial charge on any atom is -0.477 e. The molecule has 0 aliphatic heterocycles. The maximum absolute atomic E-state index is 14.2. The largest absolute Gasteiger partial charge is 0.477 e. The summed E-state index contributed by atoms with van der Waals surface area (Å²) in [4.78, 5) is 12.8. The molecule has 0 unspecified atom stereocenters. The molecule has 0 radical (unpaired) electrons. The van der Waals surface area contributed by atoms with Crippen molar-refractivity contribution in [1.29, 1.82) is 0 Å². The average molecular weight is 367 g/mol. The van der Waals surface area contributed by atoms with Crippen molar-refractivity contribution in [2.45, 2.75) is 26.2 Å². The number of aryl methyl sites for hydroxylation is 2. The molecule has 4 nitrogen and oxygen atoms in total. The van der Waals surface area contributed by atoms with Crippen LogP contribution >= 0.6 is 0 Å². The zero-order valence-corrected chi connectivity index (χ0v) is 15.1. The lowest BCUT2D eigenvalue weighted by atomic mass is 10.1. The second-order valence-electron chi connectivity index (χ2n) is 6.91. The Bertz CT molecular complexity index is 955. The first-order valence-corrected chi connectivity index (χ1v) is 8.86. The predicted molar refractivity (Wildman–Crippen MR) is 97.4 cm³/mol. The molecule has 1 aliphatic carbocycles. The summed E-state index contributed by atoms with van der Waals surface area (Å²) in [5, 5.41) is 0. The van der Waals surface area contributed by atoms with Crippen LogP contribution in [0.1, 0.15) is 29.4 Å². The number of rotatable bonds is 5. The standard InChI is InChI=1S/C21H19F2N3O/c1-12-6-7-19(25-9-12)15-8-14(15)11-27-21-16(10-24-13(2)26-21)20-17(22)4-3-5-18(20)23/h3-7,9-10,14-15H,8,11H2,1-2H3/t14-,15+/m1/s1. The quantitative estimate of drug-likeness (QED) is 0.660. The van der Waals surface area contributed by atoms with Crippen LogP contribution in [0.4, 0.5) is 8.78 Å². The molecule has 2 aromatic heterocycles. The highest BCUT2D eigenvalue weighted by Gasteiger charge is 2.40. The van der Waals surface area contributed by atoms with Gasteiger partial charge in [0.1, 0.15) is 17.5 Å². The summed E-state index contributed by atoms with van der Waals surface area (Å²) >= 11 is 0. The van der Waals surface area contributed by atoms with E-state index in [2.05, 4.69) is 15.0 Å². The van der Waals surface area contributed by atoms with Crippen molar-refractivity contribution in [3.63, 3.8) is 0 Å². The molecule has 2 heterocycles. The monoisotopic (exact) mass is 367 g/mol. The van der Waals surface area contributed by atoms with Gasteiger partial charge in [-0.2, -0.15) is 4.98 Å². The third kappa shape index (κ3) is 3.65. The Morgan fingerprint density at radius 3 is 2.52 bits per heavy atom. The highest BCUT2D eigenvalue weighted by atomic mass is 19.1. The maximum Gasteiger partial charge on any atom is 0.224 e. The summed E-state index contributed by atoms with van der Waals surface area (Å²) in [5.74, 6) is 0.0175. The summed E-state index contributed by atoms with van der Waals surface area (Å²) in [5.41, 5.74) is 2.23. The minimum atomic E-state index is -0.666. The van der Waals surface area contributed by atoms with Gasteiger partial charge in [-0.3, -0.25) is 4.98 Å². The molecule has 6 heteroatoms. The first kappa shape index (κ1) is 17.5. The summed E-state index contributed by atoms with van der Waals surface area (Å²) in [6, 6.07) is 7.83. The summed E-state index contributed by atoms with van der Waals surface area (Å²) in [6.07, 6.45) is 4.24. The van der Waals surface area contributed by atoms with Crippen LogP contribution in [-0.4, -0.2) is 21.6 Å². The fraction of sp³-hybridized carbons (Fsp3) is 0.286. The summed E-state index contributed by atoms with van der Waals surface area (Å²) in [6.45, 7) is 4.13. The van der Waals surface area contributed by atoms with Gasteiger partial charge < -0.3 is 4.74 Å². The highest BCUT2D eigenvalue weighted by Crippen LogP contribution is 2.47. The molecule has 0 spiro atoms. The van der Waals surface area contributed by atoms with Crippen molar-refractivity contribution in [2.24, 2.45) is 5.92 Å². The SMILES string of the molecule is Cc1ccc([C@H]2C[C@@H]2COc2nc(C)ncc2-c2c(F)cccc2F)nc1. The molecule has 2 atom stereocenters. The first-order valence-electron chi connectivity index (χ1n) is 8.86. The van der Waals surface area contributed by atoms with Crippen molar-refractivity contribution in [2.75, 3.05) is 6.61 Å². The maximum atomic E-state index is 14.2. The normalized spacial score (nSPS) is 18.4. The molecule has 0 N–H and O–H groups in total. The van der Waals surface area contributed by atoms with Crippen molar-refractivity contribution in [3.8, 4) is 17.0 Å². The lowest BCUT2D eigenvalue weighted by Crippen LogP contribution is -2.06. The molecular weight excluding hydrogens is 348 g/mol. The third-order valence-corrected chi connectivity index (χ3v) is 4.78. The van der Waals surface area contributed by atoms with Gasteiger partial charge in [0.25, 0.3) is 0 Å². The van der Waals surface area contributed by atoms with Gasteiger partial charge in [-0.15, -0.1) is 0 Å². The molecule has 1 aliphatic rings. The Hall–Kier alpha value is -2.89. The zero-order valence-electron chi connectivity index (χ0n) is 15.1. The molecule has 138 valence electrons. The van der Waals surface area contributed by atoms with E-state index in [1.165, 1.54) is 24.4 Å². The van der Waals surface area contributed by atoms with E-state index >= 15 is 0 Å². The van der Waals surface area contributed by atoms with E-state index in [0.29, 0.717) is 24.3 Å². The molecule has 4 rings (SSSR count). The zero-order chi connectivity index (χ0) is 19.0. The van der Waals surface area contributed by atoms with Crippen LogP contribution < -0.4 is 4.74 Å². The molecule has 0 amide bonds. The van der Waals surface area contributed by atoms with Gasteiger partial charge in [0.05, 0.1) is 17.7 Å². The van der Waals surface area contributed by atoms with Crippen LogP contribution in [-0.2, 0) is 0 Å². The van der Waals surface area contributed by atoms with E-state index < -0.39 is 11.6 Å². The van der Waals surface area contributed by atoms with Crippen LogP contribution in [0.25, 0.3) is 11.1 Å². The minimum absolute atomic E-state index is 0.167. The van der Waals surface area contributed by atoms with Crippen molar-refractivity contribution in [3.05, 3.63) is 71.4 Å². The second kappa shape index (κ2) is 7.02. The van der Waals surface area contributed by atoms with E-state index in [-0.39, 0.29) is 17.0 Å². The van der Waals surface area contributed by atoms with Gasteiger partial charge in [0.2, 0.25) is 5.88 Å². The van der Waals surface area contributed by atoms with Crippen LogP contribution in [0, 0.1) is 31.4 Å². The molecule has 0 bridgehead atoms. The van der Waals surface area contributed by atoms with Crippen LogP contribution in [0.2, 0.25) is 0 Å². The Kier molecular flexibility index (Phi) is 4.56. The van der Waals surface area contributed by atoms with E-state index in [1.807, 2.05) is 25.3 Å². The topological polar surface area (TPSA) is 47.9 Å².